The van der Waals surface area contributed by atoms with Crippen LogP contribution in [0.1, 0.15) is 25.3 Å². The van der Waals surface area contributed by atoms with E-state index in [1.807, 2.05) is 12.1 Å². The summed E-state index contributed by atoms with van der Waals surface area (Å²) in [5.41, 5.74) is 1.14. The van der Waals surface area contributed by atoms with E-state index in [2.05, 4.69) is 19.9 Å². The van der Waals surface area contributed by atoms with Gasteiger partial charge in [-0.3, -0.25) is 0 Å². The largest absolute Gasteiger partial charge is 1.00 e. The van der Waals surface area contributed by atoms with Crippen LogP contribution in [0.2, 0.25) is 0 Å². The van der Waals surface area contributed by atoms with Crippen molar-refractivity contribution in [2.75, 3.05) is 14.2 Å². The molecule has 2 nitrogen and oxygen atoms in total. The Morgan fingerprint density at radius 2 is 1.71 bits per heavy atom. The maximum atomic E-state index is 5.18. The fraction of sp³-hybridized carbons (Fsp3) is 0.455. The van der Waals surface area contributed by atoms with Gasteiger partial charge in [0.15, 0.2) is 0 Å². The van der Waals surface area contributed by atoms with Gasteiger partial charge in [0.1, 0.15) is 0 Å². The zero-order chi connectivity index (χ0) is 9.84. The van der Waals surface area contributed by atoms with Gasteiger partial charge in [0.25, 0.3) is 0 Å². The van der Waals surface area contributed by atoms with Crippen molar-refractivity contribution in [1.29, 1.82) is 0 Å². The number of ether oxygens (including phenoxy) is 2. The van der Waals surface area contributed by atoms with Gasteiger partial charge in [-0.05, 0) is 5.92 Å². The van der Waals surface area contributed by atoms with Crippen LogP contribution in [-0.2, 0) is 0 Å². The van der Waals surface area contributed by atoms with E-state index in [0.717, 1.165) is 17.1 Å². The second-order valence-corrected chi connectivity index (χ2v) is 3.18. The average molecular weight is 186 g/mol. The number of rotatable bonds is 3. The SMILES string of the molecule is COc1c[c-]c(C(C)C)cc1OC.[Li+]. The zero-order valence-corrected chi connectivity index (χ0v) is 9.55. The van der Waals surface area contributed by atoms with Gasteiger partial charge in [-0.1, -0.05) is 13.8 Å². The van der Waals surface area contributed by atoms with Gasteiger partial charge in [0.05, 0.1) is 20.0 Å². The fourth-order valence-electron chi connectivity index (χ4n) is 1.13. The van der Waals surface area contributed by atoms with Gasteiger partial charge in [-0.25, -0.2) is 0 Å². The third kappa shape index (κ3) is 2.97. The van der Waals surface area contributed by atoms with Crippen molar-refractivity contribution in [1.82, 2.24) is 0 Å². The summed E-state index contributed by atoms with van der Waals surface area (Å²) < 4.78 is 10.3. The van der Waals surface area contributed by atoms with Crippen LogP contribution >= 0.6 is 0 Å². The van der Waals surface area contributed by atoms with E-state index >= 15 is 0 Å². The molecule has 0 heterocycles. The summed E-state index contributed by atoms with van der Waals surface area (Å²) in [6.07, 6.45) is 0. The number of methoxy groups -OCH3 is 2. The van der Waals surface area contributed by atoms with Crippen LogP contribution in [0.3, 0.4) is 0 Å². The van der Waals surface area contributed by atoms with Crippen molar-refractivity contribution in [2.45, 2.75) is 19.8 Å². The molecule has 0 aromatic heterocycles. The van der Waals surface area contributed by atoms with Crippen LogP contribution in [0.15, 0.2) is 12.1 Å². The molecule has 0 saturated heterocycles. The first-order chi connectivity index (χ1) is 6.19. The Morgan fingerprint density at radius 1 is 1.14 bits per heavy atom. The van der Waals surface area contributed by atoms with Crippen molar-refractivity contribution in [3.05, 3.63) is 23.8 Å². The molecule has 14 heavy (non-hydrogen) atoms. The summed E-state index contributed by atoms with van der Waals surface area (Å²) in [4.78, 5) is 0. The predicted molar refractivity (Wildman–Crippen MR) is 52.5 cm³/mol. The summed E-state index contributed by atoms with van der Waals surface area (Å²) in [7, 11) is 3.27. The third-order valence-corrected chi connectivity index (χ3v) is 1.96. The van der Waals surface area contributed by atoms with Gasteiger partial charge in [0, 0.05) is 5.75 Å². The van der Waals surface area contributed by atoms with E-state index in [1.165, 1.54) is 0 Å². The summed E-state index contributed by atoms with van der Waals surface area (Å²) in [5, 5.41) is 0. The van der Waals surface area contributed by atoms with Crippen LogP contribution in [0, 0.1) is 6.07 Å². The van der Waals surface area contributed by atoms with Crippen molar-refractivity contribution in [3.63, 3.8) is 0 Å². The number of benzene rings is 1. The number of hydrogen-bond donors (Lipinski definition) is 0. The van der Waals surface area contributed by atoms with Crippen LogP contribution in [0.5, 0.6) is 11.5 Å². The maximum absolute atomic E-state index is 5.18. The summed E-state index contributed by atoms with van der Waals surface area (Å²) in [6, 6.07) is 6.93. The Kier molecular flexibility index (Phi) is 5.76. The molecule has 3 heteroatoms. The van der Waals surface area contributed by atoms with Crippen LogP contribution in [0.4, 0.5) is 0 Å². The first-order valence-electron chi connectivity index (χ1n) is 4.32. The van der Waals surface area contributed by atoms with Gasteiger partial charge in [-0.15, -0.1) is 12.1 Å². The molecule has 1 aromatic carbocycles. The fourth-order valence-corrected chi connectivity index (χ4v) is 1.13. The molecule has 0 fully saturated rings. The second kappa shape index (κ2) is 6.01. The molecule has 0 atom stereocenters. The van der Waals surface area contributed by atoms with Crippen molar-refractivity contribution in [2.24, 2.45) is 0 Å². The van der Waals surface area contributed by atoms with Crippen LogP contribution in [-0.4, -0.2) is 14.2 Å². The van der Waals surface area contributed by atoms with Gasteiger partial charge >= 0.3 is 18.9 Å². The molecule has 1 aromatic rings. The summed E-state index contributed by atoms with van der Waals surface area (Å²) in [6.45, 7) is 4.25. The molecule has 0 aliphatic carbocycles. The molecule has 0 saturated carbocycles. The Morgan fingerprint density at radius 3 is 2.14 bits per heavy atom. The maximum Gasteiger partial charge on any atom is 1.00 e. The monoisotopic (exact) mass is 186 g/mol. The summed E-state index contributed by atoms with van der Waals surface area (Å²) >= 11 is 0. The van der Waals surface area contributed by atoms with E-state index in [4.69, 9.17) is 9.47 Å². The molecule has 72 valence electrons. The minimum absolute atomic E-state index is 0. The predicted octanol–water partition coefficient (Wildman–Crippen LogP) is -0.369. The molecule has 0 N–H and O–H groups in total. The van der Waals surface area contributed by atoms with E-state index < -0.39 is 0 Å². The van der Waals surface area contributed by atoms with E-state index in [9.17, 15) is 0 Å². The Labute approximate surface area is 97.8 Å². The first kappa shape index (κ1) is 13.4. The molecule has 0 radical (unpaired) electrons. The van der Waals surface area contributed by atoms with Crippen LogP contribution < -0.4 is 28.3 Å². The number of hydrogen-bond acceptors (Lipinski definition) is 2. The molecule has 1 rings (SSSR count). The van der Waals surface area contributed by atoms with E-state index in [1.54, 1.807) is 14.2 Å². The molecule has 0 amide bonds. The minimum Gasteiger partial charge on any atom is -0.551 e. The molecule has 0 aliphatic heterocycles. The normalized spacial score (nSPS) is 9.50. The van der Waals surface area contributed by atoms with Crippen molar-refractivity contribution >= 4 is 0 Å². The smallest absolute Gasteiger partial charge is 0.551 e. The van der Waals surface area contributed by atoms with Crippen LogP contribution in [0.25, 0.3) is 0 Å². The standard InChI is InChI=1S/C11H15O2.Li/c1-8(2)9-5-6-10(12-3)11(7-9)13-4;/h6-8H,1-4H3;/q-1;+1. The van der Waals surface area contributed by atoms with Crippen molar-refractivity contribution in [3.8, 4) is 11.5 Å². The zero-order valence-electron chi connectivity index (χ0n) is 9.55. The van der Waals surface area contributed by atoms with E-state index in [-0.39, 0.29) is 18.9 Å². The first-order valence-corrected chi connectivity index (χ1v) is 4.32. The molecule has 0 unspecified atom stereocenters. The van der Waals surface area contributed by atoms with Crippen molar-refractivity contribution < 1.29 is 28.3 Å². The van der Waals surface area contributed by atoms with Gasteiger partial charge in [-0.2, -0.15) is 11.6 Å². The quantitative estimate of drug-likeness (QED) is 0.473. The molecule has 0 bridgehead atoms. The second-order valence-electron chi connectivity index (χ2n) is 3.18. The Balaban J connectivity index is 0.00000169. The third-order valence-electron chi connectivity index (χ3n) is 1.96. The minimum atomic E-state index is 0. The molecular weight excluding hydrogens is 171 g/mol. The van der Waals surface area contributed by atoms with E-state index in [0.29, 0.717) is 5.92 Å². The molecule has 0 spiro atoms. The topological polar surface area (TPSA) is 18.5 Å². The Bertz CT molecular complexity index is 285. The molecule has 0 aliphatic rings. The Hall–Kier alpha value is -0.583. The summed E-state index contributed by atoms with van der Waals surface area (Å²) in [5.74, 6) is 1.96. The molecular formula is C11H15LiO2. The van der Waals surface area contributed by atoms with Gasteiger partial charge < -0.3 is 9.47 Å². The van der Waals surface area contributed by atoms with Gasteiger partial charge in [0.2, 0.25) is 0 Å². The average Bonchev–Trinajstić information content (AvgIpc) is 2.16.